The highest BCUT2D eigenvalue weighted by Gasteiger charge is 2.05. The second-order valence-corrected chi connectivity index (χ2v) is 4.87. The number of carbonyl (C=O) groups excluding carboxylic acids is 1. The molecular weight excluding hydrogens is 250 g/mol. The van der Waals surface area contributed by atoms with Gasteiger partial charge in [0, 0.05) is 12.2 Å². The van der Waals surface area contributed by atoms with Crippen molar-refractivity contribution < 1.29 is 4.79 Å². The average Bonchev–Trinajstić information content (AvgIpc) is 2.47. The fraction of sp³-hybridized carbons (Fsp3) is 0.250. The summed E-state index contributed by atoms with van der Waals surface area (Å²) in [5.41, 5.74) is 6.93. The zero-order chi connectivity index (χ0) is 14.4. The summed E-state index contributed by atoms with van der Waals surface area (Å²) >= 11 is 0. The summed E-state index contributed by atoms with van der Waals surface area (Å²) in [5.74, 6) is 0.303. The molecule has 0 saturated carbocycles. The van der Waals surface area contributed by atoms with E-state index in [9.17, 15) is 4.79 Å². The quantitative estimate of drug-likeness (QED) is 0.847. The molecule has 1 amide bonds. The van der Waals surface area contributed by atoms with Crippen molar-refractivity contribution in [3.05, 3.63) is 59.8 Å². The van der Waals surface area contributed by atoms with E-state index >= 15 is 0 Å². The van der Waals surface area contributed by atoms with Gasteiger partial charge in [-0.15, -0.1) is 0 Å². The number of carbonyl (C=O) groups is 1. The molecule has 0 bridgehead atoms. The van der Waals surface area contributed by atoms with Gasteiger partial charge in [-0.05, 0) is 37.5 Å². The number of anilines is 1. The number of rotatable bonds is 6. The zero-order valence-corrected chi connectivity index (χ0v) is 11.5. The van der Waals surface area contributed by atoms with Crippen molar-refractivity contribution in [3.8, 4) is 0 Å². The second kappa shape index (κ2) is 6.70. The molecule has 0 spiro atoms. The average molecular weight is 269 g/mol. The largest absolute Gasteiger partial charge is 0.368 e. The summed E-state index contributed by atoms with van der Waals surface area (Å²) in [6, 6.07) is 14.2. The maximum Gasteiger partial charge on any atom is 0.250 e. The Labute approximate surface area is 119 Å². The van der Waals surface area contributed by atoms with Crippen LogP contribution < -0.4 is 11.1 Å². The molecule has 1 heterocycles. The monoisotopic (exact) mass is 269 g/mol. The van der Waals surface area contributed by atoms with E-state index in [1.165, 1.54) is 11.8 Å². The van der Waals surface area contributed by atoms with Gasteiger partial charge < -0.3 is 11.1 Å². The van der Waals surface area contributed by atoms with E-state index in [1.807, 2.05) is 6.07 Å². The summed E-state index contributed by atoms with van der Waals surface area (Å²) in [6.45, 7) is 2.12. The van der Waals surface area contributed by atoms with Gasteiger partial charge in [0.2, 0.25) is 5.91 Å². The lowest BCUT2D eigenvalue weighted by molar-refractivity contribution is 0.1000. The molecule has 0 saturated heterocycles. The Morgan fingerprint density at radius 1 is 1.25 bits per heavy atom. The van der Waals surface area contributed by atoms with Crippen LogP contribution >= 0.6 is 0 Å². The van der Waals surface area contributed by atoms with Crippen molar-refractivity contribution in [3.63, 3.8) is 0 Å². The molecule has 1 aromatic heterocycles. The van der Waals surface area contributed by atoms with Gasteiger partial charge in [-0.3, -0.25) is 4.79 Å². The number of nitrogens with zero attached hydrogens (tertiary/aromatic N) is 1. The van der Waals surface area contributed by atoms with Crippen molar-refractivity contribution in [2.24, 2.45) is 5.73 Å². The van der Waals surface area contributed by atoms with E-state index in [4.69, 9.17) is 5.73 Å². The molecular formula is C16H19N3O. The standard InChI is InChI=1S/C16H19N3O/c1-12(7-8-13-5-3-2-4-6-13)19-15-10-9-14(11-18-15)16(17)20/h2-6,9-12H,7-8H2,1H3,(H2,17,20)(H,18,19). The van der Waals surface area contributed by atoms with E-state index < -0.39 is 5.91 Å². The van der Waals surface area contributed by atoms with E-state index in [2.05, 4.69) is 41.5 Å². The van der Waals surface area contributed by atoms with Crippen LogP contribution in [0.3, 0.4) is 0 Å². The molecule has 0 radical (unpaired) electrons. The number of benzene rings is 1. The Kier molecular flexibility index (Phi) is 4.71. The number of hydrogen-bond donors (Lipinski definition) is 2. The fourth-order valence-corrected chi connectivity index (χ4v) is 1.98. The lowest BCUT2D eigenvalue weighted by Gasteiger charge is -2.14. The Bertz CT molecular complexity index is 552. The number of aryl methyl sites for hydroxylation is 1. The van der Waals surface area contributed by atoms with Gasteiger partial charge in [0.05, 0.1) is 5.56 Å². The first-order chi connectivity index (χ1) is 9.65. The number of primary amides is 1. The first-order valence-corrected chi connectivity index (χ1v) is 6.71. The molecule has 0 fully saturated rings. The highest BCUT2D eigenvalue weighted by molar-refractivity contribution is 5.92. The smallest absolute Gasteiger partial charge is 0.250 e. The van der Waals surface area contributed by atoms with Gasteiger partial charge in [0.1, 0.15) is 5.82 Å². The van der Waals surface area contributed by atoms with Crippen molar-refractivity contribution in [1.29, 1.82) is 0 Å². The lowest BCUT2D eigenvalue weighted by Crippen LogP contribution is -2.17. The molecule has 0 aliphatic heterocycles. The number of nitrogens with one attached hydrogen (secondary N) is 1. The highest BCUT2D eigenvalue weighted by atomic mass is 16.1. The Balaban J connectivity index is 1.85. The Morgan fingerprint density at radius 3 is 2.60 bits per heavy atom. The van der Waals surface area contributed by atoms with Crippen LogP contribution in [0.2, 0.25) is 0 Å². The van der Waals surface area contributed by atoms with Gasteiger partial charge in [-0.25, -0.2) is 4.98 Å². The molecule has 2 rings (SSSR count). The van der Waals surface area contributed by atoms with E-state index in [0.29, 0.717) is 11.6 Å². The summed E-state index contributed by atoms with van der Waals surface area (Å²) in [5, 5.41) is 3.32. The third-order valence-electron chi connectivity index (χ3n) is 3.15. The SMILES string of the molecule is CC(CCc1ccccc1)Nc1ccc(C(N)=O)cn1. The summed E-state index contributed by atoms with van der Waals surface area (Å²) in [6.07, 6.45) is 3.53. The molecule has 1 unspecified atom stereocenters. The first-order valence-electron chi connectivity index (χ1n) is 6.71. The van der Waals surface area contributed by atoms with Crippen LogP contribution in [0.15, 0.2) is 48.7 Å². The van der Waals surface area contributed by atoms with Gasteiger partial charge in [0.25, 0.3) is 0 Å². The van der Waals surface area contributed by atoms with Crippen LogP contribution in [-0.4, -0.2) is 16.9 Å². The molecule has 3 N–H and O–H groups in total. The minimum Gasteiger partial charge on any atom is -0.368 e. The third-order valence-corrected chi connectivity index (χ3v) is 3.15. The van der Waals surface area contributed by atoms with Gasteiger partial charge in [-0.2, -0.15) is 0 Å². The molecule has 1 atom stereocenters. The molecule has 4 heteroatoms. The summed E-state index contributed by atoms with van der Waals surface area (Å²) in [7, 11) is 0. The predicted octanol–water partition coefficient (Wildman–Crippen LogP) is 2.61. The highest BCUT2D eigenvalue weighted by Crippen LogP contribution is 2.10. The van der Waals surface area contributed by atoms with Crippen LogP contribution in [0.25, 0.3) is 0 Å². The molecule has 0 aliphatic rings. The van der Waals surface area contributed by atoms with Crippen LogP contribution in [0.4, 0.5) is 5.82 Å². The van der Waals surface area contributed by atoms with Crippen molar-refractivity contribution in [1.82, 2.24) is 4.98 Å². The topological polar surface area (TPSA) is 68.0 Å². The Hall–Kier alpha value is -2.36. The van der Waals surface area contributed by atoms with Crippen molar-refractivity contribution >= 4 is 11.7 Å². The molecule has 1 aromatic carbocycles. The van der Waals surface area contributed by atoms with E-state index in [-0.39, 0.29) is 0 Å². The summed E-state index contributed by atoms with van der Waals surface area (Å²) in [4.78, 5) is 15.1. The maximum atomic E-state index is 11.0. The fourth-order valence-electron chi connectivity index (χ4n) is 1.98. The summed E-state index contributed by atoms with van der Waals surface area (Å²) < 4.78 is 0. The van der Waals surface area contributed by atoms with Gasteiger partial charge >= 0.3 is 0 Å². The third kappa shape index (κ3) is 4.09. The molecule has 2 aromatic rings. The molecule has 0 aliphatic carbocycles. The van der Waals surface area contributed by atoms with Crippen LogP contribution in [-0.2, 0) is 6.42 Å². The first kappa shape index (κ1) is 14.1. The second-order valence-electron chi connectivity index (χ2n) is 4.87. The lowest BCUT2D eigenvalue weighted by atomic mass is 10.1. The van der Waals surface area contributed by atoms with Crippen molar-refractivity contribution in [2.45, 2.75) is 25.8 Å². The van der Waals surface area contributed by atoms with Crippen LogP contribution in [0.1, 0.15) is 29.3 Å². The van der Waals surface area contributed by atoms with Crippen LogP contribution in [0.5, 0.6) is 0 Å². The maximum absolute atomic E-state index is 11.0. The number of amides is 1. The number of aromatic nitrogens is 1. The normalized spacial score (nSPS) is 11.8. The minimum atomic E-state index is -0.457. The molecule has 4 nitrogen and oxygen atoms in total. The Morgan fingerprint density at radius 2 is 2.00 bits per heavy atom. The zero-order valence-electron chi connectivity index (χ0n) is 11.5. The van der Waals surface area contributed by atoms with Gasteiger partial charge in [-0.1, -0.05) is 30.3 Å². The van der Waals surface area contributed by atoms with Crippen LogP contribution in [0, 0.1) is 0 Å². The number of nitrogens with two attached hydrogens (primary N) is 1. The molecule has 104 valence electrons. The number of pyridine rings is 1. The molecule has 20 heavy (non-hydrogen) atoms. The van der Waals surface area contributed by atoms with E-state index in [0.717, 1.165) is 18.7 Å². The minimum absolute atomic E-state index is 0.308. The number of hydrogen-bond acceptors (Lipinski definition) is 3. The van der Waals surface area contributed by atoms with Crippen molar-refractivity contribution in [2.75, 3.05) is 5.32 Å². The van der Waals surface area contributed by atoms with E-state index in [1.54, 1.807) is 12.1 Å². The van der Waals surface area contributed by atoms with Gasteiger partial charge in [0.15, 0.2) is 0 Å². The predicted molar refractivity (Wildman–Crippen MR) is 80.6 cm³/mol.